The lowest BCUT2D eigenvalue weighted by atomic mass is 9.77. The Morgan fingerprint density at radius 2 is 1.47 bits per heavy atom. The molecule has 1 N–H and O–H groups in total. The van der Waals surface area contributed by atoms with Crippen molar-refractivity contribution in [3.05, 3.63) is 71.5 Å². The summed E-state index contributed by atoms with van der Waals surface area (Å²) in [7, 11) is 1.40. The second-order valence-corrected chi connectivity index (χ2v) is 8.99. The molecule has 0 aliphatic heterocycles. The zero-order valence-corrected chi connectivity index (χ0v) is 18.7. The second kappa shape index (κ2) is 11.1. The van der Waals surface area contributed by atoms with Gasteiger partial charge in [-0.15, -0.1) is 0 Å². The number of benzene rings is 1. The maximum absolute atomic E-state index is 14.9. The minimum Gasteiger partial charge on any atom is -0.497 e. The van der Waals surface area contributed by atoms with Gasteiger partial charge in [-0.1, -0.05) is 25.3 Å². The quantitative estimate of drug-likeness (QED) is 0.350. The van der Waals surface area contributed by atoms with E-state index in [1.165, 1.54) is 7.11 Å². The summed E-state index contributed by atoms with van der Waals surface area (Å²) >= 11 is 0. The van der Waals surface area contributed by atoms with E-state index < -0.39 is 17.5 Å². The highest BCUT2D eigenvalue weighted by Crippen LogP contribution is 2.40. The molecule has 0 amide bonds. The molecule has 0 radical (unpaired) electrons. The van der Waals surface area contributed by atoms with Gasteiger partial charge >= 0.3 is 0 Å². The van der Waals surface area contributed by atoms with E-state index in [0.717, 1.165) is 31.8 Å². The molecule has 6 heteroatoms. The molecule has 2 saturated carbocycles. The highest BCUT2D eigenvalue weighted by Gasteiger charge is 2.29. The van der Waals surface area contributed by atoms with Crippen LogP contribution in [0.25, 0.3) is 0 Å². The van der Waals surface area contributed by atoms with Crippen LogP contribution in [0, 0.1) is 17.6 Å². The molecule has 0 unspecified atom stereocenters. The summed E-state index contributed by atoms with van der Waals surface area (Å²) in [6.45, 7) is 7.45. The molecule has 0 spiro atoms. The molecule has 32 heavy (non-hydrogen) atoms. The Kier molecular flexibility index (Phi) is 8.46. The molecular formula is C26H33F3O3. The van der Waals surface area contributed by atoms with Crippen molar-refractivity contribution in [2.24, 2.45) is 5.92 Å². The number of aliphatic hydroxyl groups excluding tert-OH is 1. The molecule has 176 valence electrons. The largest absolute Gasteiger partial charge is 0.497 e. The lowest BCUT2D eigenvalue weighted by Gasteiger charge is -2.30. The molecule has 0 bridgehead atoms. The summed E-state index contributed by atoms with van der Waals surface area (Å²) in [5, 5.41) is 9.66. The van der Waals surface area contributed by atoms with Gasteiger partial charge < -0.3 is 14.6 Å². The number of hydrogen-bond acceptors (Lipinski definition) is 3. The maximum atomic E-state index is 14.9. The third-order valence-electron chi connectivity index (χ3n) is 6.87. The molecule has 1 aromatic carbocycles. The first-order valence-electron chi connectivity index (χ1n) is 11.4. The van der Waals surface area contributed by atoms with Gasteiger partial charge in [0.2, 0.25) is 0 Å². The Hall–Kier alpha value is -2.21. The van der Waals surface area contributed by atoms with Gasteiger partial charge in [-0.2, -0.15) is 0 Å². The average Bonchev–Trinajstić information content (AvgIpc) is 2.80. The Labute approximate surface area is 188 Å². The van der Waals surface area contributed by atoms with Gasteiger partial charge in [0, 0.05) is 6.08 Å². The molecule has 0 aromatic heterocycles. The first-order chi connectivity index (χ1) is 15.3. The molecule has 2 fully saturated rings. The summed E-state index contributed by atoms with van der Waals surface area (Å²) in [4.78, 5) is 0. The number of ether oxygens (including phenoxy) is 2. The predicted octanol–water partition coefficient (Wildman–Crippen LogP) is 6.80. The Balaban J connectivity index is 1.54. The van der Waals surface area contributed by atoms with E-state index in [9.17, 15) is 18.3 Å². The van der Waals surface area contributed by atoms with Gasteiger partial charge in [-0.05, 0) is 80.2 Å². The number of allylic oxidation sites excluding steroid dienone is 2. The van der Waals surface area contributed by atoms with Crippen molar-refractivity contribution in [2.45, 2.75) is 69.3 Å². The van der Waals surface area contributed by atoms with Crippen molar-refractivity contribution in [1.82, 2.24) is 0 Å². The van der Waals surface area contributed by atoms with Crippen LogP contribution in [0.2, 0.25) is 0 Å². The maximum Gasteiger partial charge on any atom is 0.168 e. The van der Waals surface area contributed by atoms with Gasteiger partial charge in [-0.3, -0.25) is 0 Å². The van der Waals surface area contributed by atoms with E-state index >= 15 is 0 Å². The Bertz CT molecular complexity index is 848. The highest BCUT2D eigenvalue weighted by atomic mass is 19.2. The predicted molar refractivity (Wildman–Crippen MR) is 119 cm³/mol. The normalized spacial score (nSPS) is 26.5. The van der Waals surface area contributed by atoms with Gasteiger partial charge in [-0.25, -0.2) is 13.2 Å². The van der Waals surface area contributed by atoms with Crippen LogP contribution in [0.4, 0.5) is 13.2 Å². The minimum atomic E-state index is -0.731. The number of hydrogen-bond donors (Lipinski definition) is 1. The van der Waals surface area contributed by atoms with Crippen LogP contribution in [0.1, 0.15) is 74.3 Å². The lowest BCUT2D eigenvalue weighted by molar-refractivity contribution is 0.122. The van der Waals surface area contributed by atoms with Crippen LogP contribution in [-0.2, 0) is 9.47 Å². The van der Waals surface area contributed by atoms with Crippen LogP contribution in [0.5, 0.6) is 0 Å². The molecule has 0 heterocycles. The van der Waals surface area contributed by atoms with Gasteiger partial charge in [0.25, 0.3) is 0 Å². The van der Waals surface area contributed by atoms with E-state index in [0.29, 0.717) is 43.4 Å². The lowest BCUT2D eigenvalue weighted by Crippen LogP contribution is -2.20. The van der Waals surface area contributed by atoms with E-state index in [-0.39, 0.29) is 35.4 Å². The molecule has 0 atom stereocenters. The second-order valence-electron chi connectivity index (χ2n) is 8.99. The zero-order valence-electron chi connectivity index (χ0n) is 18.7. The monoisotopic (exact) mass is 450 g/mol. The zero-order chi connectivity index (χ0) is 23.3. The third-order valence-corrected chi connectivity index (χ3v) is 6.87. The van der Waals surface area contributed by atoms with E-state index in [4.69, 9.17) is 9.47 Å². The number of aliphatic hydroxyl groups is 1. The van der Waals surface area contributed by atoms with Crippen molar-refractivity contribution in [2.75, 3.05) is 13.7 Å². The summed E-state index contributed by atoms with van der Waals surface area (Å²) in [5.74, 6) is -1.83. The highest BCUT2D eigenvalue weighted by molar-refractivity contribution is 5.32. The molecule has 0 saturated heterocycles. The fourth-order valence-electron chi connectivity index (χ4n) is 4.81. The third kappa shape index (κ3) is 5.97. The summed E-state index contributed by atoms with van der Waals surface area (Å²) < 4.78 is 54.0. The first kappa shape index (κ1) is 24.4. The summed E-state index contributed by atoms with van der Waals surface area (Å²) in [6.07, 6.45) is 6.46. The van der Waals surface area contributed by atoms with E-state index in [2.05, 4.69) is 13.2 Å². The van der Waals surface area contributed by atoms with Gasteiger partial charge in [0.15, 0.2) is 17.5 Å². The molecule has 2 aliphatic carbocycles. The number of rotatable bonds is 8. The molecule has 2 aliphatic rings. The summed E-state index contributed by atoms with van der Waals surface area (Å²) in [5.41, 5.74) is 0.878. The van der Waals surface area contributed by atoms with Crippen LogP contribution < -0.4 is 0 Å². The molecule has 1 aromatic rings. The summed E-state index contributed by atoms with van der Waals surface area (Å²) in [6, 6.07) is 3.48. The van der Waals surface area contributed by atoms with Crippen LogP contribution in [0.15, 0.2) is 48.7 Å². The Morgan fingerprint density at radius 1 is 0.969 bits per heavy atom. The van der Waals surface area contributed by atoms with E-state index in [1.807, 2.05) is 0 Å². The molecule has 3 rings (SSSR count). The van der Waals surface area contributed by atoms with E-state index in [1.54, 1.807) is 12.1 Å². The SMILES string of the molecule is C=C(/C=C(/F)C(=C)OCC1CCC(c2ccc(C3CCC(O)CC3)c(F)c2F)CC1)OC. The smallest absolute Gasteiger partial charge is 0.168 e. The van der Waals surface area contributed by atoms with Crippen LogP contribution >= 0.6 is 0 Å². The van der Waals surface area contributed by atoms with Crippen LogP contribution in [0.3, 0.4) is 0 Å². The van der Waals surface area contributed by atoms with Crippen molar-refractivity contribution < 1.29 is 27.8 Å². The standard InChI is InChI=1S/C26H33F3O3/c1-16(31-3)14-24(27)17(2)32-15-18-4-6-19(7-5-18)22-12-13-23(26(29)25(22)28)20-8-10-21(30)11-9-20/h12-14,18-21,30H,1-2,4-11,15H2,3H3/b24-14+. The first-order valence-corrected chi connectivity index (χ1v) is 11.4. The Morgan fingerprint density at radius 3 is 1.97 bits per heavy atom. The van der Waals surface area contributed by atoms with Crippen molar-refractivity contribution in [1.29, 1.82) is 0 Å². The number of methoxy groups -OCH3 is 1. The van der Waals surface area contributed by atoms with Crippen molar-refractivity contribution >= 4 is 0 Å². The van der Waals surface area contributed by atoms with Crippen LogP contribution in [-0.4, -0.2) is 24.9 Å². The van der Waals surface area contributed by atoms with Crippen molar-refractivity contribution in [3.8, 4) is 0 Å². The minimum absolute atomic E-state index is 0.0292. The van der Waals surface area contributed by atoms with Crippen molar-refractivity contribution in [3.63, 3.8) is 0 Å². The molecule has 3 nitrogen and oxygen atoms in total. The topological polar surface area (TPSA) is 38.7 Å². The van der Waals surface area contributed by atoms with Gasteiger partial charge in [0.05, 0.1) is 19.8 Å². The number of halogens is 3. The fraction of sp³-hybridized carbons (Fsp3) is 0.538. The fourth-order valence-corrected chi connectivity index (χ4v) is 4.81. The molecular weight excluding hydrogens is 417 g/mol. The van der Waals surface area contributed by atoms with Gasteiger partial charge in [0.1, 0.15) is 11.5 Å². The average molecular weight is 451 g/mol.